The zero-order valence-corrected chi connectivity index (χ0v) is 24.7. The molecule has 2 aromatic heterocycles. The van der Waals surface area contributed by atoms with Crippen molar-refractivity contribution >= 4 is 34.9 Å². The third-order valence-electron chi connectivity index (χ3n) is 8.87. The summed E-state index contributed by atoms with van der Waals surface area (Å²) in [4.78, 5) is 19.8. The number of benzene rings is 2. The first-order valence-electron chi connectivity index (χ1n) is 14.7. The molecule has 3 aliphatic rings. The largest absolute Gasteiger partial charge is 0.376 e. The number of ether oxygens (including phenoxy) is 1. The summed E-state index contributed by atoms with van der Waals surface area (Å²) < 4.78 is 12.2. The second-order valence-corrected chi connectivity index (χ2v) is 12.4. The predicted octanol–water partition coefficient (Wildman–Crippen LogP) is 8.58. The van der Waals surface area contributed by atoms with Crippen LogP contribution in [0.15, 0.2) is 71.5 Å². The monoisotopic (exact) mass is 602 g/mol. The number of fused-ring (bicyclic) bond motifs is 2. The number of nitrogens with one attached hydrogen (secondary N) is 1. The maximum absolute atomic E-state index is 13.6. The van der Waals surface area contributed by atoms with Crippen molar-refractivity contribution in [2.45, 2.75) is 63.1 Å². The topological polar surface area (TPSA) is 80.5 Å². The molecule has 9 heteroatoms. The fraction of sp³-hybridized carbons (Fsp3) is 0.364. The van der Waals surface area contributed by atoms with Crippen LogP contribution in [0.3, 0.4) is 0 Å². The molecule has 1 N–H and O–H groups in total. The number of halogens is 2. The van der Waals surface area contributed by atoms with Crippen LogP contribution in [0.25, 0.3) is 22.4 Å². The van der Waals surface area contributed by atoms with Gasteiger partial charge in [0.1, 0.15) is 11.5 Å². The van der Waals surface area contributed by atoms with Gasteiger partial charge in [0.15, 0.2) is 0 Å². The number of amides is 2. The molecule has 4 heterocycles. The van der Waals surface area contributed by atoms with Crippen molar-refractivity contribution < 1.29 is 14.1 Å². The minimum atomic E-state index is -0.0372. The van der Waals surface area contributed by atoms with Gasteiger partial charge in [0.05, 0.1) is 23.3 Å². The first-order valence-corrected chi connectivity index (χ1v) is 15.4. The molecule has 1 aliphatic carbocycles. The molecule has 2 aromatic carbocycles. The zero-order valence-electron chi connectivity index (χ0n) is 23.1. The fourth-order valence-electron chi connectivity index (χ4n) is 6.64. The second-order valence-electron chi connectivity index (χ2n) is 11.6. The lowest BCUT2D eigenvalue weighted by Gasteiger charge is -2.40. The molecule has 2 bridgehead atoms. The molecule has 0 spiro atoms. The van der Waals surface area contributed by atoms with Gasteiger partial charge in [-0.15, -0.1) is 0 Å². The molecule has 3 atom stereocenters. The molecule has 4 aromatic rings. The number of carbonyl (C=O) groups excluding carboxylic acids is 1. The molecule has 0 radical (unpaired) electrons. The smallest absolute Gasteiger partial charge is 0.322 e. The lowest BCUT2D eigenvalue weighted by Crippen LogP contribution is -2.50. The van der Waals surface area contributed by atoms with Crippen molar-refractivity contribution in [1.29, 1.82) is 0 Å². The quantitative estimate of drug-likeness (QED) is 0.218. The van der Waals surface area contributed by atoms with Gasteiger partial charge in [-0.3, -0.25) is 4.98 Å². The molecule has 3 unspecified atom stereocenters. The van der Waals surface area contributed by atoms with Crippen molar-refractivity contribution in [3.8, 4) is 22.4 Å². The van der Waals surface area contributed by atoms with Crippen LogP contribution in [0.5, 0.6) is 0 Å². The Bertz CT molecular complexity index is 1570. The third-order valence-corrected chi connectivity index (χ3v) is 9.50. The summed E-state index contributed by atoms with van der Waals surface area (Å²) in [7, 11) is 0. The molecule has 7 nitrogen and oxygen atoms in total. The van der Waals surface area contributed by atoms with Gasteiger partial charge in [0.2, 0.25) is 0 Å². The van der Waals surface area contributed by atoms with E-state index in [2.05, 4.69) is 20.4 Å². The number of rotatable bonds is 8. The maximum Gasteiger partial charge on any atom is 0.322 e. The van der Waals surface area contributed by atoms with E-state index in [1.54, 1.807) is 12.4 Å². The van der Waals surface area contributed by atoms with Gasteiger partial charge in [-0.2, -0.15) is 0 Å². The number of hydrogen-bond acceptors (Lipinski definition) is 5. The molecule has 3 fully saturated rings. The summed E-state index contributed by atoms with van der Waals surface area (Å²) in [6, 6.07) is 17.7. The fourth-order valence-corrected chi connectivity index (χ4v) is 7.21. The highest BCUT2D eigenvalue weighted by Crippen LogP contribution is 2.46. The average Bonchev–Trinajstić information content (AvgIpc) is 3.69. The van der Waals surface area contributed by atoms with E-state index in [4.69, 9.17) is 32.5 Å². The minimum absolute atomic E-state index is 0.0372. The van der Waals surface area contributed by atoms with Gasteiger partial charge in [-0.25, -0.2) is 4.79 Å². The van der Waals surface area contributed by atoms with E-state index >= 15 is 0 Å². The minimum Gasteiger partial charge on any atom is -0.376 e. The number of piperidine rings is 1. The van der Waals surface area contributed by atoms with E-state index in [1.807, 2.05) is 54.6 Å². The van der Waals surface area contributed by atoms with E-state index < -0.39 is 0 Å². The maximum atomic E-state index is 13.6. The molecule has 2 amide bonds. The van der Waals surface area contributed by atoms with Gasteiger partial charge in [0.25, 0.3) is 0 Å². The SMILES string of the molecule is O=C(Nc1cccc(-c2ccncc2)c1)N1C2CCC(COCc3c(-c4c(Cl)cccc4Cl)noc3C3CC3)C1CC2. The highest BCUT2D eigenvalue weighted by atomic mass is 35.5. The standard InChI is InChI=1S/C33H32Cl2N4O3/c34-27-5-2-6-28(35)30(27)31-26(32(42-38-31)21-7-8-21)19-41-18-23-9-10-25-11-12-29(23)39(25)33(40)37-24-4-1-3-22(17-24)20-13-15-36-16-14-20/h1-6,13-17,21,23,25,29H,7-12,18-19H2,(H,37,40). The van der Waals surface area contributed by atoms with E-state index in [-0.39, 0.29) is 24.0 Å². The Morgan fingerprint density at radius 2 is 1.71 bits per heavy atom. The summed E-state index contributed by atoms with van der Waals surface area (Å²) in [6.07, 6.45) is 9.75. The molecule has 7 rings (SSSR count). The molecule has 2 aliphatic heterocycles. The number of nitrogens with zero attached hydrogens (tertiary/aromatic N) is 3. The second kappa shape index (κ2) is 11.7. The van der Waals surface area contributed by atoms with Crippen molar-refractivity contribution in [3.63, 3.8) is 0 Å². The molecular formula is C33H32Cl2N4O3. The van der Waals surface area contributed by atoms with Gasteiger partial charge in [0, 0.05) is 53.1 Å². The van der Waals surface area contributed by atoms with E-state index in [0.717, 1.165) is 66.7 Å². The molecule has 216 valence electrons. The van der Waals surface area contributed by atoms with Crippen LogP contribution in [0.2, 0.25) is 10.0 Å². The molecule has 42 heavy (non-hydrogen) atoms. The van der Waals surface area contributed by atoms with Crippen LogP contribution in [0.1, 0.15) is 55.8 Å². The van der Waals surface area contributed by atoms with Crippen LogP contribution < -0.4 is 5.32 Å². The van der Waals surface area contributed by atoms with Crippen LogP contribution in [-0.2, 0) is 11.3 Å². The molecular weight excluding hydrogens is 571 g/mol. The van der Waals surface area contributed by atoms with Crippen molar-refractivity contribution in [2.24, 2.45) is 5.92 Å². The highest BCUT2D eigenvalue weighted by molar-refractivity contribution is 6.39. The highest BCUT2D eigenvalue weighted by Gasteiger charge is 2.45. The summed E-state index contributed by atoms with van der Waals surface area (Å²) in [6.45, 7) is 0.927. The summed E-state index contributed by atoms with van der Waals surface area (Å²) in [5.41, 5.74) is 5.16. The number of anilines is 1. The first kappa shape index (κ1) is 27.4. The number of urea groups is 1. The molecule has 2 saturated heterocycles. The van der Waals surface area contributed by atoms with Crippen LogP contribution in [0.4, 0.5) is 10.5 Å². The summed E-state index contributed by atoms with van der Waals surface area (Å²) in [5, 5.41) is 8.63. The summed E-state index contributed by atoms with van der Waals surface area (Å²) >= 11 is 13.1. The first-order chi connectivity index (χ1) is 20.6. The number of pyridine rings is 1. The van der Waals surface area contributed by atoms with Crippen molar-refractivity contribution in [3.05, 3.63) is 88.4 Å². The normalized spacial score (nSPS) is 21.5. The van der Waals surface area contributed by atoms with E-state index in [1.165, 1.54) is 0 Å². The Hall–Kier alpha value is -3.39. The Labute approximate surface area is 255 Å². The van der Waals surface area contributed by atoms with Crippen LogP contribution >= 0.6 is 23.2 Å². The number of aromatic nitrogens is 2. The van der Waals surface area contributed by atoms with Gasteiger partial charge >= 0.3 is 6.03 Å². The van der Waals surface area contributed by atoms with Crippen molar-refractivity contribution in [2.75, 3.05) is 11.9 Å². The Balaban J connectivity index is 1.04. The van der Waals surface area contributed by atoms with Crippen molar-refractivity contribution in [1.82, 2.24) is 15.0 Å². The third kappa shape index (κ3) is 5.41. The van der Waals surface area contributed by atoms with E-state index in [0.29, 0.717) is 40.4 Å². The van der Waals surface area contributed by atoms with E-state index in [9.17, 15) is 4.79 Å². The predicted molar refractivity (Wildman–Crippen MR) is 164 cm³/mol. The summed E-state index contributed by atoms with van der Waals surface area (Å²) in [5.74, 6) is 1.50. The number of carbonyl (C=O) groups is 1. The van der Waals surface area contributed by atoms with Gasteiger partial charge in [-0.1, -0.05) is 46.6 Å². The number of hydrogen-bond donors (Lipinski definition) is 1. The Morgan fingerprint density at radius 1 is 0.952 bits per heavy atom. The molecule has 1 saturated carbocycles. The van der Waals surface area contributed by atoms with Crippen LogP contribution in [-0.4, -0.2) is 39.8 Å². The Kier molecular flexibility index (Phi) is 7.65. The zero-order chi connectivity index (χ0) is 28.6. The van der Waals surface area contributed by atoms with Crippen LogP contribution in [0, 0.1) is 5.92 Å². The lowest BCUT2D eigenvalue weighted by molar-refractivity contribution is 0.0329. The Morgan fingerprint density at radius 3 is 2.50 bits per heavy atom. The lowest BCUT2D eigenvalue weighted by atomic mass is 9.91. The van der Waals surface area contributed by atoms with Gasteiger partial charge in [-0.05, 0) is 86.1 Å². The van der Waals surface area contributed by atoms with Gasteiger partial charge < -0.3 is 19.5 Å². The average molecular weight is 604 g/mol.